The quantitative estimate of drug-likeness (QED) is 0.453. The first-order valence-corrected chi connectivity index (χ1v) is 5.53. The first-order valence-electron chi connectivity index (χ1n) is 5.53. The molecule has 0 radical (unpaired) electrons. The summed E-state index contributed by atoms with van der Waals surface area (Å²) in [6.07, 6.45) is 8.41. The Hall–Kier alpha value is -0.300. The summed E-state index contributed by atoms with van der Waals surface area (Å²) in [6.45, 7) is 9.09. The maximum atomic E-state index is 5.70. The number of hydrogen-bond donors (Lipinski definition) is 1. The van der Waals surface area contributed by atoms with Crippen LogP contribution in [0.1, 0.15) is 46.0 Å². The van der Waals surface area contributed by atoms with Gasteiger partial charge < -0.3 is 5.73 Å². The summed E-state index contributed by atoms with van der Waals surface area (Å²) in [5, 5.41) is 0. The molecular weight excluding hydrogens is 158 g/mol. The zero-order chi connectivity index (χ0) is 10.1. The molecule has 0 aliphatic rings. The average Bonchev–Trinajstić information content (AvgIpc) is 2.10. The minimum atomic E-state index is 0.726. The van der Waals surface area contributed by atoms with E-state index in [4.69, 9.17) is 5.73 Å². The van der Waals surface area contributed by atoms with Gasteiger partial charge >= 0.3 is 0 Å². The highest BCUT2D eigenvalue weighted by Crippen LogP contribution is 2.17. The molecule has 0 saturated carbocycles. The van der Waals surface area contributed by atoms with Gasteiger partial charge in [-0.3, -0.25) is 0 Å². The Morgan fingerprint density at radius 2 is 1.92 bits per heavy atom. The number of rotatable bonds is 8. The third-order valence-electron chi connectivity index (χ3n) is 2.73. The second-order valence-corrected chi connectivity index (χ2v) is 4.17. The highest BCUT2D eigenvalue weighted by molar-refractivity contribution is 4.67. The summed E-state index contributed by atoms with van der Waals surface area (Å²) in [5.74, 6) is 1.47. The van der Waals surface area contributed by atoms with Gasteiger partial charge in [0.2, 0.25) is 0 Å². The van der Waals surface area contributed by atoms with Crippen molar-refractivity contribution in [1.82, 2.24) is 0 Å². The fraction of sp³-hybridized carbons (Fsp3) is 0.833. The van der Waals surface area contributed by atoms with Crippen LogP contribution < -0.4 is 5.73 Å². The van der Waals surface area contributed by atoms with E-state index in [9.17, 15) is 0 Å². The Labute approximate surface area is 83.4 Å². The molecule has 0 amide bonds. The Kier molecular flexibility index (Phi) is 8.11. The van der Waals surface area contributed by atoms with Gasteiger partial charge in [-0.15, -0.1) is 6.58 Å². The Balaban J connectivity index is 3.33. The van der Waals surface area contributed by atoms with E-state index in [0.717, 1.165) is 24.8 Å². The van der Waals surface area contributed by atoms with Gasteiger partial charge in [-0.1, -0.05) is 32.8 Å². The van der Waals surface area contributed by atoms with Crippen LogP contribution >= 0.6 is 0 Å². The molecule has 0 aliphatic heterocycles. The molecule has 78 valence electrons. The van der Waals surface area contributed by atoms with Crippen LogP contribution in [-0.4, -0.2) is 6.54 Å². The van der Waals surface area contributed by atoms with E-state index in [1.165, 1.54) is 25.7 Å². The molecule has 0 bridgehead atoms. The van der Waals surface area contributed by atoms with Gasteiger partial charge in [-0.2, -0.15) is 0 Å². The lowest BCUT2D eigenvalue weighted by atomic mass is 9.90. The second kappa shape index (κ2) is 8.31. The van der Waals surface area contributed by atoms with Gasteiger partial charge in [0.25, 0.3) is 0 Å². The highest BCUT2D eigenvalue weighted by Gasteiger charge is 2.09. The van der Waals surface area contributed by atoms with E-state index in [0.29, 0.717) is 0 Å². The van der Waals surface area contributed by atoms with Crippen LogP contribution in [0.4, 0.5) is 0 Å². The van der Waals surface area contributed by atoms with Crippen molar-refractivity contribution in [2.24, 2.45) is 17.6 Å². The highest BCUT2D eigenvalue weighted by atomic mass is 14.5. The normalized spacial score (nSPS) is 13.2. The fourth-order valence-electron chi connectivity index (χ4n) is 1.60. The van der Waals surface area contributed by atoms with Crippen LogP contribution in [0, 0.1) is 11.8 Å². The van der Waals surface area contributed by atoms with E-state index in [1.807, 2.05) is 6.08 Å². The SMILES string of the molecule is C=CCCCCCC(CN)C(C)C. The molecule has 2 N–H and O–H groups in total. The average molecular weight is 183 g/mol. The molecule has 0 fully saturated rings. The molecule has 1 nitrogen and oxygen atoms in total. The van der Waals surface area contributed by atoms with Crippen LogP contribution in [0.2, 0.25) is 0 Å². The molecule has 0 aromatic heterocycles. The third-order valence-corrected chi connectivity index (χ3v) is 2.73. The van der Waals surface area contributed by atoms with Crippen molar-refractivity contribution in [2.45, 2.75) is 46.0 Å². The third kappa shape index (κ3) is 6.83. The lowest BCUT2D eigenvalue weighted by Crippen LogP contribution is -2.19. The van der Waals surface area contributed by atoms with Gasteiger partial charge in [0.1, 0.15) is 0 Å². The Morgan fingerprint density at radius 1 is 1.23 bits per heavy atom. The van der Waals surface area contributed by atoms with Crippen molar-refractivity contribution >= 4 is 0 Å². The van der Waals surface area contributed by atoms with Crippen LogP contribution in [-0.2, 0) is 0 Å². The summed E-state index contributed by atoms with van der Waals surface area (Å²) in [7, 11) is 0. The van der Waals surface area contributed by atoms with Crippen molar-refractivity contribution in [2.75, 3.05) is 6.54 Å². The zero-order valence-corrected chi connectivity index (χ0v) is 9.26. The van der Waals surface area contributed by atoms with E-state index < -0.39 is 0 Å². The standard InChI is InChI=1S/C12H25N/c1-4-5-6-7-8-9-12(10-13)11(2)3/h4,11-12H,1,5-10,13H2,2-3H3. The van der Waals surface area contributed by atoms with Crippen LogP contribution in [0.5, 0.6) is 0 Å². The van der Waals surface area contributed by atoms with Crippen molar-refractivity contribution in [3.8, 4) is 0 Å². The summed E-state index contributed by atoms with van der Waals surface area (Å²) in [6, 6.07) is 0. The fourth-order valence-corrected chi connectivity index (χ4v) is 1.60. The molecule has 0 spiro atoms. The van der Waals surface area contributed by atoms with Gasteiger partial charge in [0, 0.05) is 0 Å². The maximum Gasteiger partial charge on any atom is -0.00464 e. The van der Waals surface area contributed by atoms with E-state index in [-0.39, 0.29) is 0 Å². The molecular formula is C12H25N. The van der Waals surface area contributed by atoms with Crippen LogP contribution in [0.25, 0.3) is 0 Å². The van der Waals surface area contributed by atoms with E-state index in [1.54, 1.807) is 0 Å². The number of nitrogens with two attached hydrogens (primary N) is 1. The number of allylic oxidation sites excluding steroid dienone is 1. The minimum Gasteiger partial charge on any atom is -0.330 e. The minimum absolute atomic E-state index is 0.726. The molecule has 1 unspecified atom stereocenters. The maximum absolute atomic E-state index is 5.70. The molecule has 0 rings (SSSR count). The second-order valence-electron chi connectivity index (χ2n) is 4.17. The van der Waals surface area contributed by atoms with Crippen molar-refractivity contribution in [1.29, 1.82) is 0 Å². The smallest absolute Gasteiger partial charge is 0.00464 e. The summed E-state index contributed by atoms with van der Waals surface area (Å²) in [4.78, 5) is 0. The predicted octanol–water partition coefficient (Wildman–Crippen LogP) is 3.35. The molecule has 13 heavy (non-hydrogen) atoms. The molecule has 1 heteroatoms. The van der Waals surface area contributed by atoms with Gasteiger partial charge in [-0.05, 0) is 37.6 Å². The first kappa shape index (κ1) is 12.7. The molecule has 0 saturated heterocycles. The predicted molar refractivity (Wildman–Crippen MR) is 60.7 cm³/mol. The number of hydrogen-bond acceptors (Lipinski definition) is 1. The topological polar surface area (TPSA) is 26.0 Å². The van der Waals surface area contributed by atoms with Crippen LogP contribution in [0.3, 0.4) is 0 Å². The van der Waals surface area contributed by atoms with Crippen LogP contribution in [0.15, 0.2) is 12.7 Å². The van der Waals surface area contributed by atoms with Gasteiger partial charge in [-0.25, -0.2) is 0 Å². The molecule has 0 heterocycles. The van der Waals surface area contributed by atoms with Gasteiger partial charge in [0.05, 0.1) is 0 Å². The zero-order valence-electron chi connectivity index (χ0n) is 9.26. The molecule has 0 aliphatic carbocycles. The molecule has 0 aromatic carbocycles. The molecule has 1 atom stereocenters. The van der Waals surface area contributed by atoms with E-state index >= 15 is 0 Å². The first-order chi connectivity index (χ1) is 6.22. The Bertz CT molecular complexity index is 118. The monoisotopic (exact) mass is 183 g/mol. The van der Waals surface area contributed by atoms with Crippen molar-refractivity contribution in [3.05, 3.63) is 12.7 Å². The summed E-state index contributed by atoms with van der Waals surface area (Å²) < 4.78 is 0. The number of unbranched alkanes of at least 4 members (excludes halogenated alkanes) is 3. The van der Waals surface area contributed by atoms with E-state index in [2.05, 4.69) is 20.4 Å². The van der Waals surface area contributed by atoms with Crippen molar-refractivity contribution in [3.63, 3.8) is 0 Å². The summed E-state index contributed by atoms with van der Waals surface area (Å²) >= 11 is 0. The van der Waals surface area contributed by atoms with Crippen molar-refractivity contribution < 1.29 is 0 Å². The largest absolute Gasteiger partial charge is 0.330 e. The lowest BCUT2D eigenvalue weighted by molar-refractivity contribution is 0.355. The van der Waals surface area contributed by atoms with Gasteiger partial charge in [0.15, 0.2) is 0 Å². The Morgan fingerprint density at radius 3 is 2.38 bits per heavy atom. The summed E-state index contributed by atoms with van der Waals surface area (Å²) in [5.41, 5.74) is 5.70. The molecule has 0 aromatic rings. The lowest BCUT2D eigenvalue weighted by Gasteiger charge is -2.18.